The summed E-state index contributed by atoms with van der Waals surface area (Å²) < 4.78 is 15.4. The number of hydrogen-bond donors (Lipinski definition) is 0. The number of benzene rings is 1. The Morgan fingerprint density at radius 2 is 2.12 bits per heavy atom. The Labute approximate surface area is 115 Å². The van der Waals surface area contributed by atoms with Crippen molar-refractivity contribution < 1.29 is 4.39 Å². The lowest BCUT2D eigenvalue weighted by atomic mass is 10.1. The average molecular weight is 363 g/mol. The van der Waals surface area contributed by atoms with E-state index >= 15 is 0 Å². The van der Waals surface area contributed by atoms with Crippen molar-refractivity contribution in [1.82, 2.24) is 4.57 Å². The summed E-state index contributed by atoms with van der Waals surface area (Å²) in [7, 11) is 0. The van der Waals surface area contributed by atoms with E-state index < -0.39 is 5.82 Å². The summed E-state index contributed by atoms with van der Waals surface area (Å²) >= 11 is 6.43. The minimum Gasteiger partial charge on any atom is -0.315 e. The van der Waals surface area contributed by atoms with Crippen molar-refractivity contribution in [3.63, 3.8) is 0 Å². The molecular weight excluding hydrogens is 353 g/mol. The quantitative estimate of drug-likeness (QED) is 0.763. The van der Waals surface area contributed by atoms with Crippen LogP contribution < -0.4 is 5.56 Å². The number of rotatable bonds is 3. The van der Waals surface area contributed by atoms with Crippen LogP contribution in [-0.4, -0.2) is 9.90 Å². The predicted molar refractivity (Wildman–Crippen MR) is 74.3 cm³/mol. The molecule has 0 aliphatic carbocycles. The summed E-state index contributed by atoms with van der Waals surface area (Å²) in [6, 6.07) is 4.74. The van der Waals surface area contributed by atoms with Crippen LogP contribution in [-0.2, 0) is 6.54 Å². The van der Waals surface area contributed by atoms with Gasteiger partial charge in [0, 0.05) is 18.1 Å². The summed E-state index contributed by atoms with van der Waals surface area (Å²) in [6.07, 6.45) is 2.61. The summed E-state index contributed by atoms with van der Waals surface area (Å²) in [5.41, 5.74) is -0.144. The van der Waals surface area contributed by atoms with Crippen molar-refractivity contribution in [2.45, 2.75) is 13.0 Å². The fraction of sp³-hybridized carbons (Fsp3) is 0.250. The lowest BCUT2D eigenvalue weighted by Crippen LogP contribution is -2.19. The maximum Gasteiger partial charge on any atom is 0.258 e. The van der Waals surface area contributed by atoms with Gasteiger partial charge in [-0.2, -0.15) is 0 Å². The number of halogens is 3. The Kier molecular flexibility index (Phi) is 3.99. The number of fused-ring (bicyclic) bond motifs is 1. The van der Waals surface area contributed by atoms with Crippen LogP contribution in [0.15, 0.2) is 33.7 Å². The second-order valence-corrected chi connectivity index (χ2v) is 5.36. The van der Waals surface area contributed by atoms with Crippen LogP contribution in [0.5, 0.6) is 0 Å². The van der Waals surface area contributed by atoms with Crippen molar-refractivity contribution in [1.29, 1.82) is 0 Å². The van der Waals surface area contributed by atoms with Crippen molar-refractivity contribution in [3.8, 4) is 0 Å². The highest BCUT2D eigenvalue weighted by Crippen LogP contribution is 2.21. The Balaban J connectivity index is 2.59. The molecule has 0 unspecified atom stereocenters. The fourth-order valence-electron chi connectivity index (χ4n) is 1.68. The van der Waals surface area contributed by atoms with Crippen molar-refractivity contribution in [2.75, 3.05) is 5.33 Å². The molecule has 0 saturated heterocycles. The molecule has 0 saturated carbocycles. The largest absolute Gasteiger partial charge is 0.315 e. The second-order valence-electron chi connectivity index (χ2n) is 3.71. The molecule has 0 atom stereocenters. The Bertz CT molecular complexity index is 609. The molecule has 0 spiro atoms. The van der Waals surface area contributed by atoms with Crippen LogP contribution in [0.4, 0.5) is 4.39 Å². The van der Waals surface area contributed by atoms with Gasteiger partial charge < -0.3 is 4.57 Å². The lowest BCUT2D eigenvalue weighted by molar-refractivity contribution is 0.622. The first-order chi connectivity index (χ1) is 8.13. The highest BCUT2D eigenvalue weighted by Gasteiger charge is 2.07. The van der Waals surface area contributed by atoms with Crippen molar-refractivity contribution in [2.24, 2.45) is 0 Å². The smallest absolute Gasteiger partial charge is 0.258 e. The van der Waals surface area contributed by atoms with E-state index in [1.807, 2.05) is 6.07 Å². The molecule has 1 heterocycles. The predicted octanol–water partition coefficient (Wildman–Crippen LogP) is 3.69. The third-order valence-electron chi connectivity index (χ3n) is 2.55. The van der Waals surface area contributed by atoms with E-state index in [1.54, 1.807) is 16.8 Å². The Hall–Kier alpha value is -0.680. The monoisotopic (exact) mass is 361 g/mol. The molecule has 5 heteroatoms. The van der Waals surface area contributed by atoms with Crippen LogP contribution >= 0.6 is 31.9 Å². The zero-order valence-electron chi connectivity index (χ0n) is 8.92. The molecule has 0 bridgehead atoms. The second kappa shape index (κ2) is 5.31. The Morgan fingerprint density at radius 3 is 2.82 bits per heavy atom. The molecule has 0 N–H and O–H groups in total. The first-order valence-corrected chi connectivity index (χ1v) is 7.09. The van der Waals surface area contributed by atoms with Gasteiger partial charge in [-0.15, -0.1) is 0 Å². The zero-order valence-corrected chi connectivity index (χ0v) is 12.1. The molecule has 90 valence electrons. The average Bonchev–Trinajstić information content (AvgIpc) is 2.31. The number of hydrogen-bond acceptors (Lipinski definition) is 1. The molecular formula is C12H10Br2FNO. The van der Waals surface area contributed by atoms with Gasteiger partial charge >= 0.3 is 0 Å². The maximum atomic E-state index is 13.4. The standard InChI is InChI=1S/C12H10Br2FNO/c13-3-1-4-16-5-2-8-6-10(14)11(15)7-9(8)12(16)17/h2,5-7H,1,3-4H2. The molecule has 2 nitrogen and oxygen atoms in total. The van der Waals surface area contributed by atoms with Gasteiger partial charge in [-0.25, -0.2) is 4.39 Å². The maximum absolute atomic E-state index is 13.4. The van der Waals surface area contributed by atoms with Crippen molar-refractivity contribution >= 4 is 42.6 Å². The molecule has 0 radical (unpaired) electrons. The third-order valence-corrected chi connectivity index (χ3v) is 3.72. The number of aryl methyl sites for hydroxylation is 1. The summed E-state index contributed by atoms with van der Waals surface area (Å²) in [5, 5.41) is 2.01. The van der Waals surface area contributed by atoms with Crippen LogP contribution in [0, 0.1) is 5.82 Å². The van der Waals surface area contributed by atoms with Gasteiger partial charge in [0.2, 0.25) is 0 Å². The molecule has 2 rings (SSSR count). The van der Waals surface area contributed by atoms with E-state index in [-0.39, 0.29) is 5.56 Å². The molecule has 0 fully saturated rings. The highest BCUT2D eigenvalue weighted by molar-refractivity contribution is 9.10. The van der Waals surface area contributed by atoms with Gasteiger partial charge in [0.1, 0.15) is 5.82 Å². The molecule has 0 aliphatic heterocycles. The van der Waals surface area contributed by atoms with E-state index in [1.165, 1.54) is 6.07 Å². The van der Waals surface area contributed by atoms with E-state index in [4.69, 9.17) is 0 Å². The minimum absolute atomic E-state index is 0.144. The number of pyridine rings is 1. The summed E-state index contributed by atoms with van der Waals surface area (Å²) in [6.45, 7) is 0.637. The van der Waals surface area contributed by atoms with E-state index in [2.05, 4.69) is 31.9 Å². The van der Waals surface area contributed by atoms with E-state index in [0.717, 1.165) is 17.1 Å². The van der Waals surface area contributed by atoms with E-state index in [0.29, 0.717) is 16.4 Å². The zero-order chi connectivity index (χ0) is 12.4. The normalized spacial score (nSPS) is 11.0. The highest BCUT2D eigenvalue weighted by atomic mass is 79.9. The van der Waals surface area contributed by atoms with Crippen LogP contribution in [0.2, 0.25) is 0 Å². The molecule has 0 amide bonds. The van der Waals surface area contributed by atoms with Gasteiger partial charge in [0.15, 0.2) is 0 Å². The lowest BCUT2D eigenvalue weighted by Gasteiger charge is -2.06. The molecule has 1 aromatic carbocycles. The topological polar surface area (TPSA) is 22.0 Å². The van der Waals surface area contributed by atoms with Crippen LogP contribution in [0.1, 0.15) is 6.42 Å². The summed E-state index contributed by atoms with van der Waals surface area (Å²) in [5.74, 6) is -0.409. The molecule has 0 aliphatic rings. The fourth-order valence-corrected chi connectivity index (χ4v) is 2.30. The van der Waals surface area contributed by atoms with Crippen LogP contribution in [0.3, 0.4) is 0 Å². The van der Waals surface area contributed by atoms with Gasteiger partial charge in [0.05, 0.1) is 9.86 Å². The molecule has 17 heavy (non-hydrogen) atoms. The van der Waals surface area contributed by atoms with Gasteiger partial charge in [-0.1, -0.05) is 15.9 Å². The molecule has 1 aromatic heterocycles. The number of nitrogens with zero attached hydrogens (tertiary/aromatic N) is 1. The third kappa shape index (κ3) is 2.60. The SMILES string of the molecule is O=c1c2cc(F)c(Br)cc2ccn1CCCBr. The Morgan fingerprint density at radius 1 is 1.35 bits per heavy atom. The first kappa shape index (κ1) is 12.8. The molecule has 2 aromatic rings. The van der Waals surface area contributed by atoms with Gasteiger partial charge in [0.25, 0.3) is 5.56 Å². The van der Waals surface area contributed by atoms with Crippen molar-refractivity contribution in [3.05, 3.63) is 45.0 Å². The van der Waals surface area contributed by atoms with E-state index in [9.17, 15) is 9.18 Å². The summed E-state index contributed by atoms with van der Waals surface area (Å²) in [4.78, 5) is 12.1. The number of alkyl halides is 1. The first-order valence-electron chi connectivity index (χ1n) is 5.17. The minimum atomic E-state index is -0.409. The van der Waals surface area contributed by atoms with Gasteiger partial charge in [-0.3, -0.25) is 4.79 Å². The number of aromatic nitrogens is 1. The van der Waals surface area contributed by atoms with Gasteiger partial charge in [-0.05, 0) is 45.9 Å². The van der Waals surface area contributed by atoms with Crippen LogP contribution in [0.25, 0.3) is 10.8 Å².